The summed E-state index contributed by atoms with van der Waals surface area (Å²) in [4.78, 5) is 22.8. The summed E-state index contributed by atoms with van der Waals surface area (Å²) in [6.07, 6.45) is 1.96. The van der Waals surface area contributed by atoms with Crippen molar-refractivity contribution in [1.82, 2.24) is 10.9 Å². The molecule has 0 saturated heterocycles. The SMILES string of the molecule is CSCc1c(C(=O)NNC(C)=O)oc2ccccc12. The minimum Gasteiger partial charge on any atom is -0.451 e. The van der Waals surface area contributed by atoms with Gasteiger partial charge in [0.05, 0.1) is 0 Å². The van der Waals surface area contributed by atoms with Gasteiger partial charge in [0.15, 0.2) is 5.76 Å². The number of hydrogen-bond acceptors (Lipinski definition) is 4. The first-order valence-corrected chi connectivity index (χ1v) is 7.09. The van der Waals surface area contributed by atoms with Crippen molar-refractivity contribution >= 4 is 34.5 Å². The summed E-state index contributed by atoms with van der Waals surface area (Å²) in [5.41, 5.74) is 6.07. The Kier molecular flexibility index (Phi) is 4.11. The predicted octanol–water partition coefficient (Wildman–Crippen LogP) is 2.08. The molecule has 0 saturated carbocycles. The van der Waals surface area contributed by atoms with E-state index in [1.807, 2.05) is 30.5 Å². The number of thioether (sulfide) groups is 1. The van der Waals surface area contributed by atoms with Crippen LogP contribution in [0.3, 0.4) is 0 Å². The maximum Gasteiger partial charge on any atom is 0.305 e. The molecule has 100 valence electrons. The third-order valence-corrected chi connectivity index (χ3v) is 3.12. The first-order valence-electron chi connectivity index (χ1n) is 5.69. The van der Waals surface area contributed by atoms with Crippen LogP contribution >= 0.6 is 11.8 Å². The minimum atomic E-state index is -0.449. The van der Waals surface area contributed by atoms with Gasteiger partial charge in [-0.1, -0.05) is 18.2 Å². The van der Waals surface area contributed by atoms with Crippen molar-refractivity contribution in [3.05, 3.63) is 35.6 Å². The molecule has 2 N–H and O–H groups in total. The molecule has 5 nitrogen and oxygen atoms in total. The Morgan fingerprint density at radius 2 is 2.00 bits per heavy atom. The maximum atomic E-state index is 12.0. The Morgan fingerprint density at radius 3 is 2.68 bits per heavy atom. The van der Waals surface area contributed by atoms with E-state index in [1.54, 1.807) is 11.8 Å². The highest BCUT2D eigenvalue weighted by atomic mass is 32.2. The number of para-hydroxylation sites is 1. The fourth-order valence-corrected chi connectivity index (χ4v) is 2.35. The molecule has 1 aromatic carbocycles. The van der Waals surface area contributed by atoms with Crippen LogP contribution in [0.1, 0.15) is 23.0 Å². The number of nitrogens with one attached hydrogen (secondary N) is 2. The Hall–Kier alpha value is -1.95. The quantitative estimate of drug-likeness (QED) is 0.843. The summed E-state index contributed by atoms with van der Waals surface area (Å²) in [5.74, 6) is 0.121. The molecule has 0 aliphatic heterocycles. The molecule has 0 bridgehead atoms. The summed E-state index contributed by atoms with van der Waals surface area (Å²) in [7, 11) is 0. The zero-order valence-electron chi connectivity index (χ0n) is 10.6. The Balaban J connectivity index is 2.38. The van der Waals surface area contributed by atoms with Gasteiger partial charge in [-0.05, 0) is 12.3 Å². The minimum absolute atomic E-state index is 0.240. The van der Waals surface area contributed by atoms with Gasteiger partial charge in [0, 0.05) is 23.6 Å². The predicted molar refractivity (Wildman–Crippen MR) is 74.7 cm³/mol. The van der Waals surface area contributed by atoms with Crippen LogP contribution in [-0.4, -0.2) is 18.1 Å². The number of amides is 2. The van der Waals surface area contributed by atoms with Crippen molar-refractivity contribution in [3.8, 4) is 0 Å². The highest BCUT2D eigenvalue weighted by Crippen LogP contribution is 2.28. The second-order valence-electron chi connectivity index (χ2n) is 3.97. The molecule has 0 atom stereocenters. The summed E-state index contributed by atoms with van der Waals surface area (Å²) in [5, 5.41) is 0.921. The van der Waals surface area contributed by atoms with E-state index in [1.165, 1.54) is 6.92 Å². The van der Waals surface area contributed by atoms with Crippen molar-refractivity contribution in [2.45, 2.75) is 12.7 Å². The number of hydrogen-bond donors (Lipinski definition) is 2. The number of carbonyl (C=O) groups excluding carboxylic acids is 2. The van der Waals surface area contributed by atoms with Crippen LogP contribution < -0.4 is 10.9 Å². The zero-order chi connectivity index (χ0) is 13.8. The van der Waals surface area contributed by atoms with E-state index in [2.05, 4.69) is 10.9 Å². The lowest BCUT2D eigenvalue weighted by Crippen LogP contribution is -2.40. The molecule has 2 amide bonds. The molecular formula is C13H14N2O3S. The molecule has 2 aromatic rings. The van der Waals surface area contributed by atoms with Crippen LogP contribution in [0.5, 0.6) is 0 Å². The summed E-state index contributed by atoms with van der Waals surface area (Å²) < 4.78 is 5.57. The average molecular weight is 278 g/mol. The highest BCUT2D eigenvalue weighted by Gasteiger charge is 2.19. The summed E-state index contributed by atoms with van der Waals surface area (Å²) >= 11 is 1.60. The van der Waals surface area contributed by atoms with Crippen molar-refractivity contribution in [3.63, 3.8) is 0 Å². The zero-order valence-corrected chi connectivity index (χ0v) is 11.5. The molecule has 0 unspecified atom stereocenters. The molecule has 1 heterocycles. The highest BCUT2D eigenvalue weighted by molar-refractivity contribution is 7.97. The van der Waals surface area contributed by atoms with Crippen molar-refractivity contribution < 1.29 is 14.0 Å². The number of furan rings is 1. The average Bonchev–Trinajstić information content (AvgIpc) is 2.76. The molecule has 0 spiro atoms. The molecule has 1 aromatic heterocycles. The van der Waals surface area contributed by atoms with Crippen LogP contribution in [0, 0.1) is 0 Å². The standard InChI is InChI=1S/C13H14N2O3S/c1-8(16)14-15-13(17)12-10(7-19-2)9-5-3-4-6-11(9)18-12/h3-6H,7H2,1-2H3,(H,14,16)(H,15,17). The van der Waals surface area contributed by atoms with Gasteiger partial charge in [-0.25, -0.2) is 0 Å². The molecule has 19 heavy (non-hydrogen) atoms. The fraction of sp³-hybridized carbons (Fsp3) is 0.231. The lowest BCUT2D eigenvalue weighted by atomic mass is 10.1. The number of carbonyl (C=O) groups is 2. The molecular weight excluding hydrogens is 264 g/mol. The first-order chi connectivity index (χ1) is 9.13. The van der Waals surface area contributed by atoms with Crippen molar-refractivity contribution in [2.75, 3.05) is 6.26 Å². The van der Waals surface area contributed by atoms with E-state index in [9.17, 15) is 9.59 Å². The van der Waals surface area contributed by atoms with Gasteiger partial charge in [0.25, 0.3) is 0 Å². The van der Waals surface area contributed by atoms with Gasteiger partial charge in [-0.3, -0.25) is 20.4 Å². The Labute approximate surface area is 114 Å². The van der Waals surface area contributed by atoms with Crippen LogP contribution in [0.15, 0.2) is 28.7 Å². The smallest absolute Gasteiger partial charge is 0.305 e. The van der Waals surface area contributed by atoms with E-state index >= 15 is 0 Å². The summed E-state index contributed by atoms with van der Waals surface area (Å²) in [6.45, 7) is 1.32. The number of hydrazine groups is 1. The Morgan fingerprint density at radius 1 is 1.26 bits per heavy atom. The monoisotopic (exact) mass is 278 g/mol. The van der Waals surface area contributed by atoms with E-state index in [0.717, 1.165) is 10.9 Å². The first kappa shape index (κ1) is 13.5. The molecule has 2 rings (SSSR count). The van der Waals surface area contributed by atoms with E-state index in [-0.39, 0.29) is 11.7 Å². The van der Waals surface area contributed by atoms with Gasteiger partial charge in [-0.2, -0.15) is 11.8 Å². The van der Waals surface area contributed by atoms with Gasteiger partial charge in [-0.15, -0.1) is 0 Å². The Bertz CT molecular complexity index is 621. The second kappa shape index (κ2) is 5.79. The third kappa shape index (κ3) is 2.90. The van der Waals surface area contributed by atoms with Gasteiger partial charge in [0.2, 0.25) is 5.91 Å². The second-order valence-corrected chi connectivity index (χ2v) is 4.84. The fourth-order valence-electron chi connectivity index (χ4n) is 1.77. The lowest BCUT2D eigenvalue weighted by molar-refractivity contribution is -0.119. The normalized spacial score (nSPS) is 10.4. The third-order valence-electron chi connectivity index (χ3n) is 2.55. The van der Waals surface area contributed by atoms with E-state index < -0.39 is 5.91 Å². The molecule has 6 heteroatoms. The molecule has 0 aliphatic rings. The largest absolute Gasteiger partial charge is 0.451 e. The van der Waals surface area contributed by atoms with Gasteiger partial charge >= 0.3 is 5.91 Å². The number of rotatable bonds is 3. The molecule has 0 fully saturated rings. The van der Waals surface area contributed by atoms with Crippen LogP contribution in [-0.2, 0) is 10.5 Å². The van der Waals surface area contributed by atoms with Gasteiger partial charge in [0.1, 0.15) is 5.58 Å². The topological polar surface area (TPSA) is 71.3 Å². The van der Waals surface area contributed by atoms with Crippen LogP contribution in [0.25, 0.3) is 11.0 Å². The van der Waals surface area contributed by atoms with E-state index in [0.29, 0.717) is 11.3 Å². The van der Waals surface area contributed by atoms with Crippen molar-refractivity contribution in [2.24, 2.45) is 0 Å². The summed E-state index contributed by atoms with van der Waals surface area (Å²) in [6, 6.07) is 7.48. The molecule has 0 aliphatic carbocycles. The van der Waals surface area contributed by atoms with E-state index in [4.69, 9.17) is 4.42 Å². The maximum absolute atomic E-state index is 12.0. The van der Waals surface area contributed by atoms with Crippen LogP contribution in [0.4, 0.5) is 0 Å². The van der Waals surface area contributed by atoms with Gasteiger partial charge < -0.3 is 4.42 Å². The number of benzene rings is 1. The number of fused-ring (bicyclic) bond motifs is 1. The van der Waals surface area contributed by atoms with Crippen molar-refractivity contribution in [1.29, 1.82) is 0 Å². The molecule has 0 radical (unpaired) electrons. The lowest BCUT2D eigenvalue weighted by Gasteiger charge is -2.04. The van der Waals surface area contributed by atoms with Crippen LogP contribution in [0.2, 0.25) is 0 Å².